The molecule has 1 N–H and O–H groups in total. The minimum absolute atomic E-state index is 0.00447. The maximum atomic E-state index is 12.9. The summed E-state index contributed by atoms with van der Waals surface area (Å²) in [6.45, 7) is 2.79. The second-order valence-corrected chi connectivity index (χ2v) is 6.30. The highest BCUT2D eigenvalue weighted by molar-refractivity contribution is 5.93. The Bertz CT molecular complexity index is 737. The number of carbonyl (C=O) groups is 2. The van der Waals surface area contributed by atoms with Crippen molar-refractivity contribution in [1.82, 2.24) is 10.2 Å². The van der Waals surface area contributed by atoms with Gasteiger partial charge in [0.15, 0.2) is 6.10 Å². The van der Waals surface area contributed by atoms with Crippen LogP contribution in [0.4, 0.5) is 4.39 Å². The van der Waals surface area contributed by atoms with E-state index in [9.17, 15) is 14.0 Å². The van der Waals surface area contributed by atoms with E-state index in [1.165, 1.54) is 36.8 Å². The predicted molar refractivity (Wildman–Crippen MR) is 92.3 cm³/mol. The maximum absolute atomic E-state index is 12.9. The van der Waals surface area contributed by atoms with Crippen molar-refractivity contribution in [2.45, 2.75) is 31.9 Å². The van der Waals surface area contributed by atoms with Crippen LogP contribution in [-0.4, -0.2) is 41.9 Å². The Kier molecular flexibility index (Phi) is 5.55. The van der Waals surface area contributed by atoms with E-state index < -0.39 is 6.10 Å². The molecular weight excluding hydrogens is 339 g/mol. The summed E-state index contributed by atoms with van der Waals surface area (Å²) < 4.78 is 23.4. The number of nitrogens with one attached hydrogen (secondary N) is 1. The van der Waals surface area contributed by atoms with Crippen LogP contribution in [0, 0.1) is 5.82 Å². The lowest BCUT2D eigenvalue weighted by Crippen LogP contribution is -2.49. The van der Waals surface area contributed by atoms with Gasteiger partial charge in [0.2, 0.25) is 0 Å². The van der Waals surface area contributed by atoms with Crippen molar-refractivity contribution in [2.24, 2.45) is 0 Å². The average Bonchev–Trinajstić information content (AvgIpc) is 3.18. The molecule has 0 spiro atoms. The summed E-state index contributed by atoms with van der Waals surface area (Å²) in [5, 5.41) is 2.95. The quantitative estimate of drug-likeness (QED) is 0.890. The van der Waals surface area contributed by atoms with Crippen molar-refractivity contribution in [2.75, 3.05) is 13.1 Å². The van der Waals surface area contributed by atoms with Gasteiger partial charge < -0.3 is 19.4 Å². The van der Waals surface area contributed by atoms with Crippen molar-refractivity contribution < 1.29 is 23.1 Å². The average molecular weight is 360 g/mol. The Balaban J connectivity index is 1.45. The summed E-state index contributed by atoms with van der Waals surface area (Å²) in [5.74, 6) is -0.203. The number of ether oxygens (including phenoxy) is 1. The largest absolute Gasteiger partial charge is 0.481 e. The summed E-state index contributed by atoms with van der Waals surface area (Å²) in [6, 6.07) is 7.18. The molecule has 0 aliphatic carbocycles. The lowest BCUT2D eigenvalue weighted by atomic mass is 10.0. The first kappa shape index (κ1) is 18.0. The third-order valence-corrected chi connectivity index (χ3v) is 4.39. The molecule has 1 aliphatic heterocycles. The summed E-state index contributed by atoms with van der Waals surface area (Å²) in [7, 11) is 0. The molecule has 1 fully saturated rings. The molecular formula is C19H21FN2O4. The zero-order chi connectivity index (χ0) is 18.5. The molecule has 1 unspecified atom stereocenters. The fourth-order valence-corrected chi connectivity index (χ4v) is 2.88. The molecule has 0 radical (unpaired) electrons. The normalized spacial score (nSPS) is 16.2. The van der Waals surface area contributed by atoms with E-state index in [1.807, 2.05) is 0 Å². The Morgan fingerprint density at radius 2 is 1.92 bits per heavy atom. The zero-order valence-corrected chi connectivity index (χ0v) is 14.5. The van der Waals surface area contributed by atoms with Gasteiger partial charge in [-0.05, 0) is 50.1 Å². The number of piperidine rings is 1. The lowest BCUT2D eigenvalue weighted by Gasteiger charge is -2.32. The highest BCUT2D eigenvalue weighted by Crippen LogP contribution is 2.16. The molecule has 7 heteroatoms. The first-order valence-electron chi connectivity index (χ1n) is 8.57. The fraction of sp³-hybridized carbons (Fsp3) is 0.368. The van der Waals surface area contributed by atoms with Crippen molar-refractivity contribution in [3.63, 3.8) is 0 Å². The van der Waals surface area contributed by atoms with Gasteiger partial charge in [-0.2, -0.15) is 0 Å². The summed E-state index contributed by atoms with van der Waals surface area (Å²) in [5.41, 5.74) is 0.536. The number of likely N-dealkylation sites (tertiary alicyclic amines) is 1. The van der Waals surface area contributed by atoms with Crippen LogP contribution in [0.1, 0.15) is 30.1 Å². The van der Waals surface area contributed by atoms with E-state index in [0.29, 0.717) is 37.2 Å². The van der Waals surface area contributed by atoms with Crippen molar-refractivity contribution in [1.29, 1.82) is 0 Å². The van der Waals surface area contributed by atoms with Crippen LogP contribution in [0.15, 0.2) is 47.3 Å². The number of hydrogen-bond acceptors (Lipinski definition) is 4. The highest BCUT2D eigenvalue weighted by atomic mass is 19.1. The van der Waals surface area contributed by atoms with E-state index >= 15 is 0 Å². The van der Waals surface area contributed by atoms with Gasteiger partial charge in [0, 0.05) is 19.1 Å². The smallest absolute Gasteiger partial charge is 0.260 e. The molecule has 138 valence electrons. The topological polar surface area (TPSA) is 71.8 Å². The number of halogens is 1. The number of amides is 2. The Labute approximate surface area is 150 Å². The van der Waals surface area contributed by atoms with Crippen LogP contribution >= 0.6 is 0 Å². The Morgan fingerprint density at radius 3 is 2.54 bits per heavy atom. The summed E-state index contributed by atoms with van der Waals surface area (Å²) >= 11 is 0. The molecule has 2 heterocycles. The zero-order valence-electron chi connectivity index (χ0n) is 14.5. The molecule has 1 aromatic heterocycles. The Morgan fingerprint density at radius 1 is 1.23 bits per heavy atom. The third-order valence-electron chi connectivity index (χ3n) is 4.39. The fourth-order valence-electron chi connectivity index (χ4n) is 2.88. The van der Waals surface area contributed by atoms with Gasteiger partial charge in [-0.15, -0.1) is 0 Å². The van der Waals surface area contributed by atoms with Gasteiger partial charge in [0.05, 0.1) is 11.8 Å². The number of furan rings is 1. The SMILES string of the molecule is CC(Oc1ccc(F)cc1)C(=O)NC1CCN(C(=O)c2ccoc2)CC1. The van der Waals surface area contributed by atoms with Gasteiger partial charge >= 0.3 is 0 Å². The predicted octanol–water partition coefficient (Wildman–Crippen LogP) is 2.61. The first-order valence-corrected chi connectivity index (χ1v) is 8.57. The van der Waals surface area contributed by atoms with Crippen LogP contribution < -0.4 is 10.1 Å². The molecule has 1 saturated heterocycles. The molecule has 1 aromatic carbocycles. The molecule has 0 saturated carbocycles. The molecule has 2 amide bonds. The second-order valence-electron chi connectivity index (χ2n) is 6.30. The van der Waals surface area contributed by atoms with E-state index in [1.54, 1.807) is 17.9 Å². The van der Waals surface area contributed by atoms with Crippen LogP contribution in [-0.2, 0) is 4.79 Å². The summed E-state index contributed by atoms with van der Waals surface area (Å²) in [4.78, 5) is 26.3. The van der Waals surface area contributed by atoms with Gasteiger partial charge in [-0.3, -0.25) is 9.59 Å². The van der Waals surface area contributed by atoms with Gasteiger partial charge in [0.25, 0.3) is 11.8 Å². The number of hydrogen-bond donors (Lipinski definition) is 1. The minimum atomic E-state index is -0.689. The monoisotopic (exact) mass is 360 g/mol. The number of benzene rings is 1. The van der Waals surface area contributed by atoms with E-state index in [2.05, 4.69) is 5.32 Å². The molecule has 3 rings (SSSR count). The van der Waals surface area contributed by atoms with Crippen molar-refractivity contribution >= 4 is 11.8 Å². The van der Waals surface area contributed by atoms with Gasteiger partial charge in [-0.1, -0.05) is 0 Å². The second kappa shape index (κ2) is 8.03. The van der Waals surface area contributed by atoms with Crippen LogP contribution in [0.5, 0.6) is 5.75 Å². The molecule has 6 nitrogen and oxygen atoms in total. The number of carbonyl (C=O) groups excluding carboxylic acids is 2. The van der Waals surface area contributed by atoms with Gasteiger partial charge in [-0.25, -0.2) is 4.39 Å². The maximum Gasteiger partial charge on any atom is 0.260 e. The Hall–Kier alpha value is -2.83. The third kappa shape index (κ3) is 4.41. The van der Waals surface area contributed by atoms with Crippen LogP contribution in [0.3, 0.4) is 0 Å². The van der Waals surface area contributed by atoms with E-state index in [-0.39, 0.29) is 23.7 Å². The molecule has 2 aromatic rings. The highest BCUT2D eigenvalue weighted by Gasteiger charge is 2.26. The molecule has 1 atom stereocenters. The minimum Gasteiger partial charge on any atom is -0.481 e. The molecule has 1 aliphatic rings. The summed E-state index contributed by atoms with van der Waals surface area (Å²) in [6.07, 6.45) is 3.58. The van der Waals surface area contributed by atoms with Crippen LogP contribution in [0.2, 0.25) is 0 Å². The number of nitrogens with zero attached hydrogens (tertiary/aromatic N) is 1. The van der Waals surface area contributed by atoms with E-state index in [0.717, 1.165) is 0 Å². The first-order chi connectivity index (χ1) is 12.5. The lowest BCUT2D eigenvalue weighted by molar-refractivity contribution is -0.128. The van der Waals surface area contributed by atoms with Crippen molar-refractivity contribution in [3.05, 3.63) is 54.2 Å². The molecule has 26 heavy (non-hydrogen) atoms. The number of rotatable bonds is 5. The van der Waals surface area contributed by atoms with E-state index in [4.69, 9.17) is 9.15 Å². The van der Waals surface area contributed by atoms with Crippen LogP contribution in [0.25, 0.3) is 0 Å². The standard InChI is InChI=1S/C19H21FN2O4/c1-13(26-17-4-2-15(20)3-5-17)18(23)21-16-6-9-22(10-7-16)19(24)14-8-11-25-12-14/h2-5,8,11-13,16H,6-7,9-10H2,1H3,(H,21,23). The van der Waals surface area contributed by atoms with Crippen molar-refractivity contribution in [3.8, 4) is 5.75 Å². The molecule has 0 bridgehead atoms. The van der Waals surface area contributed by atoms with Gasteiger partial charge in [0.1, 0.15) is 17.8 Å².